The maximum Gasteiger partial charge on any atom is 0.257 e. The van der Waals surface area contributed by atoms with E-state index in [1.165, 1.54) is 22.8 Å². The molecule has 0 bridgehead atoms. The normalized spacial score (nSPS) is 18.2. The topological polar surface area (TPSA) is 174 Å². The second kappa shape index (κ2) is 27.9. The molecule has 7 rings (SSSR count). The van der Waals surface area contributed by atoms with E-state index in [0.29, 0.717) is 161 Å². The number of aliphatic imine (C=N–C) groups is 2. The fourth-order valence-electron chi connectivity index (χ4n) is 8.92. The van der Waals surface area contributed by atoms with Gasteiger partial charge in [-0.15, -0.1) is 0 Å². The van der Waals surface area contributed by atoms with Crippen LogP contribution in [-0.2, 0) is 36.9 Å². The molecule has 18 nitrogen and oxygen atoms in total. The molecule has 0 saturated carbocycles. The highest BCUT2D eigenvalue weighted by Gasteiger charge is 2.36. The van der Waals surface area contributed by atoms with Crippen molar-refractivity contribution < 1.29 is 57.0 Å². The molecule has 2 fully saturated rings. The van der Waals surface area contributed by atoms with E-state index >= 15 is 0 Å². The van der Waals surface area contributed by atoms with Crippen LogP contribution >= 0.6 is 11.6 Å². The Morgan fingerprint density at radius 1 is 0.635 bits per heavy atom. The Labute approximate surface area is 441 Å². The number of carbonyl (C=O) groups excluding carboxylic acids is 2. The molecule has 20 heteroatoms. The molecular formula is C54H71BN6O12S. The molecule has 1 aromatic heterocycles. The molecule has 1 unspecified atom stereocenters. The highest BCUT2D eigenvalue weighted by Crippen LogP contribution is 2.41. The predicted molar refractivity (Wildman–Crippen MR) is 286 cm³/mol. The van der Waals surface area contributed by atoms with Gasteiger partial charge in [0.1, 0.15) is 25.6 Å². The third-order valence-corrected chi connectivity index (χ3v) is 13.7. The zero-order valence-corrected chi connectivity index (χ0v) is 44.7. The number of fused-ring (bicyclic) bond motifs is 4. The first kappa shape index (κ1) is 56.3. The monoisotopic (exact) mass is 1040 g/mol. The van der Waals surface area contributed by atoms with Gasteiger partial charge in [-0.1, -0.05) is 37.1 Å². The summed E-state index contributed by atoms with van der Waals surface area (Å²) in [7, 11) is 10.8. The van der Waals surface area contributed by atoms with Crippen LogP contribution in [0.2, 0.25) is 0 Å². The summed E-state index contributed by atoms with van der Waals surface area (Å²) >= 11 is 1.31. The Kier molecular flexibility index (Phi) is 21.2. The molecule has 0 N–H and O–H groups in total. The molecule has 2 saturated heterocycles. The Bertz CT molecular complexity index is 2370. The Morgan fingerprint density at radius 2 is 1.09 bits per heavy atom. The minimum Gasteiger partial charge on any atom is -0.493 e. The fourth-order valence-corrected chi connectivity index (χ4v) is 9.18. The van der Waals surface area contributed by atoms with Gasteiger partial charge < -0.3 is 57.2 Å². The van der Waals surface area contributed by atoms with Gasteiger partial charge in [-0.25, -0.2) is 11.6 Å². The van der Waals surface area contributed by atoms with Gasteiger partial charge in [-0.2, -0.15) is 0 Å². The smallest absolute Gasteiger partial charge is 0.257 e. The number of methoxy groups -OCH3 is 3. The third-order valence-electron chi connectivity index (χ3n) is 13.0. The number of benzene rings is 2. The number of pyridine rings is 1. The summed E-state index contributed by atoms with van der Waals surface area (Å²) in [6, 6.07) is 10.3. The number of amides is 2. The van der Waals surface area contributed by atoms with Crippen LogP contribution < -0.4 is 23.7 Å². The van der Waals surface area contributed by atoms with E-state index in [-0.39, 0.29) is 41.9 Å². The first-order valence-corrected chi connectivity index (χ1v) is 26.0. The van der Waals surface area contributed by atoms with Gasteiger partial charge in [0.05, 0.1) is 120 Å². The number of hydrogen-bond donors (Lipinski definition) is 0. The van der Waals surface area contributed by atoms with Gasteiger partial charge in [0.25, 0.3) is 11.8 Å². The fraction of sp³-hybridized carbons (Fsp3) is 0.537. The van der Waals surface area contributed by atoms with Gasteiger partial charge in [-0.05, 0) is 38.8 Å². The lowest BCUT2D eigenvalue weighted by Crippen LogP contribution is -2.40. The first-order valence-electron chi connectivity index (χ1n) is 25.2. The summed E-state index contributed by atoms with van der Waals surface area (Å²) in [6.07, 6.45) is 9.29. The molecule has 5 heterocycles. The van der Waals surface area contributed by atoms with E-state index in [1.54, 1.807) is 45.6 Å². The van der Waals surface area contributed by atoms with E-state index in [4.69, 9.17) is 69.5 Å². The SMILES string of the molecule is [B]SC(C)(C)CN(CCOCCOCCOCCOCCOC)CCOc1cc(COc2cc3c(cc2OC)C(=O)N2C/C(=C/C)CC2C=N3)nc(COc2cc3c(cc2OC)C(=O)N2C/C(=C/C)C[C@H]2C=N3)c1. The van der Waals surface area contributed by atoms with E-state index in [1.807, 2.05) is 48.2 Å². The number of ether oxygens (including phenoxy) is 10. The van der Waals surface area contributed by atoms with Crippen molar-refractivity contribution in [3.05, 3.63) is 82.2 Å². The predicted octanol–water partition coefficient (Wildman–Crippen LogP) is 7.00. The highest BCUT2D eigenvalue weighted by atomic mass is 32.2. The Balaban J connectivity index is 1.03. The zero-order chi connectivity index (χ0) is 52.5. The number of hydrogen-bond acceptors (Lipinski definition) is 17. The van der Waals surface area contributed by atoms with Gasteiger partial charge in [-0.3, -0.25) is 29.5 Å². The van der Waals surface area contributed by atoms with Crippen LogP contribution in [-0.4, -0.2) is 188 Å². The summed E-state index contributed by atoms with van der Waals surface area (Å²) in [5.41, 5.74) is 5.39. The summed E-state index contributed by atoms with van der Waals surface area (Å²) in [5.74, 6) is 1.93. The number of allylic oxidation sites excluding steroid dienone is 2. The second-order valence-corrected chi connectivity index (χ2v) is 20.0. The maximum atomic E-state index is 13.8. The van der Waals surface area contributed by atoms with Gasteiger partial charge >= 0.3 is 0 Å². The molecular weight excluding hydrogens is 968 g/mol. The number of carbonyl (C=O) groups is 2. The average Bonchev–Trinajstić information content (AvgIpc) is 3.98. The molecule has 2 atom stereocenters. The van der Waals surface area contributed by atoms with Crippen molar-refractivity contribution in [3.63, 3.8) is 0 Å². The van der Waals surface area contributed by atoms with Gasteiger partial charge in [0.2, 0.25) is 0 Å². The van der Waals surface area contributed by atoms with Gasteiger partial charge in [0.15, 0.2) is 30.1 Å². The third kappa shape index (κ3) is 15.3. The molecule has 2 aromatic carbocycles. The molecule has 3 aromatic rings. The lowest BCUT2D eigenvalue weighted by molar-refractivity contribution is -0.00952. The Hall–Kier alpha value is -5.48. The molecule has 0 spiro atoms. The summed E-state index contributed by atoms with van der Waals surface area (Å²) in [5, 5.41) is 0. The Morgan fingerprint density at radius 3 is 1.54 bits per heavy atom. The number of aromatic nitrogens is 1. The molecule has 398 valence electrons. The first-order chi connectivity index (χ1) is 36.0. The number of nitrogens with zero attached hydrogens (tertiary/aromatic N) is 6. The minimum absolute atomic E-state index is 0.0222. The lowest BCUT2D eigenvalue weighted by atomic mass is 10.1. The molecule has 4 aliphatic heterocycles. The van der Waals surface area contributed by atoms with E-state index in [9.17, 15) is 9.59 Å². The minimum atomic E-state index is -0.229. The van der Waals surface area contributed by atoms with Crippen molar-refractivity contribution in [2.24, 2.45) is 9.98 Å². The van der Waals surface area contributed by atoms with Crippen molar-refractivity contribution >= 4 is 54.4 Å². The molecule has 4 aliphatic rings. The summed E-state index contributed by atoms with van der Waals surface area (Å²) in [4.78, 5) is 47.9. The van der Waals surface area contributed by atoms with E-state index < -0.39 is 0 Å². The van der Waals surface area contributed by atoms with Crippen molar-refractivity contribution in [1.29, 1.82) is 0 Å². The molecule has 2 radical (unpaired) electrons. The van der Waals surface area contributed by atoms with Crippen molar-refractivity contribution in [3.8, 4) is 28.7 Å². The summed E-state index contributed by atoms with van der Waals surface area (Å²) < 4.78 is 58.2. The van der Waals surface area contributed by atoms with Crippen LogP contribution in [0.4, 0.5) is 11.4 Å². The van der Waals surface area contributed by atoms with Crippen molar-refractivity contribution in [1.82, 2.24) is 19.7 Å². The maximum absolute atomic E-state index is 13.8. The summed E-state index contributed by atoms with van der Waals surface area (Å²) in [6.45, 7) is 16.1. The van der Waals surface area contributed by atoms with Crippen LogP contribution in [0.3, 0.4) is 0 Å². The van der Waals surface area contributed by atoms with E-state index in [0.717, 1.165) is 12.8 Å². The largest absolute Gasteiger partial charge is 0.493 e. The van der Waals surface area contributed by atoms with Crippen LogP contribution in [0.25, 0.3) is 0 Å². The van der Waals surface area contributed by atoms with Crippen molar-refractivity contribution in [2.45, 2.75) is 70.6 Å². The molecule has 2 amide bonds. The average molecular weight is 1040 g/mol. The molecule has 0 aliphatic carbocycles. The van der Waals surface area contributed by atoms with Crippen molar-refractivity contribution in [2.75, 3.05) is 120 Å². The lowest BCUT2D eigenvalue weighted by Gasteiger charge is -2.32. The van der Waals surface area contributed by atoms with Crippen LogP contribution in [0.5, 0.6) is 28.7 Å². The number of rotatable bonds is 30. The van der Waals surface area contributed by atoms with Crippen LogP contribution in [0.15, 0.2) is 69.7 Å². The van der Waals surface area contributed by atoms with E-state index in [2.05, 4.69) is 30.9 Å². The van der Waals surface area contributed by atoms with Crippen LogP contribution in [0, 0.1) is 0 Å². The molecule has 74 heavy (non-hydrogen) atoms. The van der Waals surface area contributed by atoms with Gasteiger partial charge in [0, 0.05) is 81.3 Å². The van der Waals surface area contributed by atoms with Crippen LogP contribution in [0.1, 0.15) is 72.6 Å². The standard InChI is InChI=1S/C54H71BN6O12S/c1-8-37-22-41-30-56-46-28-50(48(65-6)26-44(46)52(62)60(41)32-37)72-34-39-24-43(71-13-11-59(36-54(3,4)74-55)10-12-67-16-17-69-20-21-70-19-18-68-15-14-64-5)25-40(58-39)35-73-51-29-47-45(27-49(51)66-7)53(63)61-33-38(9-2)23-42(61)31-57-47/h8-9,24-31,41-42H,10-23,32-36H2,1-7H3/b37-8+,38-9+/t41-,42?/m0/s1. The second-order valence-electron chi connectivity index (χ2n) is 18.7. The highest BCUT2D eigenvalue weighted by molar-refractivity contribution is 8.20. The quantitative estimate of drug-likeness (QED) is 0.0379. The zero-order valence-electron chi connectivity index (χ0n) is 43.9.